The second-order valence-corrected chi connectivity index (χ2v) is 7.49. The summed E-state index contributed by atoms with van der Waals surface area (Å²) in [7, 11) is -3.07. The third-order valence-electron chi connectivity index (χ3n) is 3.87. The van der Waals surface area contributed by atoms with Crippen molar-refractivity contribution in [1.29, 1.82) is 0 Å². The van der Waals surface area contributed by atoms with Crippen LogP contribution in [0.25, 0.3) is 0 Å². The summed E-state index contributed by atoms with van der Waals surface area (Å²) in [6.45, 7) is 9.18. The molecule has 2 heterocycles. The summed E-state index contributed by atoms with van der Waals surface area (Å²) in [5, 5.41) is 3.96. The van der Waals surface area contributed by atoms with Gasteiger partial charge >= 0.3 is 0 Å². The van der Waals surface area contributed by atoms with E-state index in [2.05, 4.69) is 10.1 Å². The summed E-state index contributed by atoms with van der Waals surface area (Å²) in [5.41, 5.74) is 2.04. The van der Waals surface area contributed by atoms with Crippen molar-refractivity contribution in [3.05, 3.63) is 17.0 Å². The van der Waals surface area contributed by atoms with E-state index in [0.717, 1.165) is 43.1 Å². The number of aryl methyl sites for hydroxylation is 2. The number of nitrogens with zero attached hydrogens (tertiary/aromatic N) is 3. The lowest BCUT2D eigenvalue weighted by Crippen LogP contribution is -2.36. The van der Waals surface area contributed by atoms with Crippen LogP contribution in [0, 0.1) is 13.8 Å². The van der Waals surface area contributed by atoms with Crippen molar-refractivity contribution < 1.29 is 12.9 Å². The molecule has 1 saturated heterocycles. The molecule has 0 atom stereocenters. The zero-order chi connectivity index (χ0) is 14.8. The van der Waals surface area contributed by atoms with Gasteiger partial charge in [0.05, 0.1) is 11.4 Å². The molecule has 0 bridgehead atoms. The first-order chi connectivity index (χ1) is 9.44. The van der Waals surface area contributed by atoms with Gasteiger partial charge in [-0.25, -0.2) is 12.7 Å². The maximum atomic E-state index is 11.9. The maximum absolute atomic E-state index is 11.9. The minimum absolute atomic E-state index is 0.177. The molecule has 7 heteroatoms. The van der Waals surface area contributed by atoms with Crippen LogP contribution >= 0.6 is 0 Å². The number of rotatable bonds is 4. The van der Waals surface area contributed by atoms with Gasteiger partial charge in [-0.15, -0.1) is 0 Å². The molecule has 0 aromatic carbocycles. The van der Waals surface area contributed by atoms with Gasteiger partial charge in [0.25, 0.3) is 0 Å². The molecule has 0 radical (unpaired) electrons. The smallest absolute Gasteiger partial charge is 0.213 e. The van der Waals surface area contributed by atoms with E-state index < -0.39 is 10.0 Å². The minimum Gasteiger partial charge on any atom is -0.361 e. The van der Waals surface area contributed by atoms with Gasteiger partial charge in [0.1, 0.15) is 5.76 Å². The number of hydrogen-bond donors (Lipinski definition) is 0. The van der Waals surface area contributed by atoms with Crippen LogP contribution in [0.4, 0.5) is 0 Å². The van der Waals surface area contributed by atoms with Crippen molar-refractivity contribution in [3.63, 3.8) is 0 Å². The molecule has 20 heavy (non-hydrogen) atoms. The molecule has 0 unspecified atom stereocenters. The molecular weight excluding hydrogens is 278 g/mol. The fraction of sp³-hybridized carbons (Fsp3) is 0.769. The van der Waals surface area contributed by atoms with Crippen LogP contribution in [-0.2, 0) is 16.6 Å². The first kappa shape index (κ1) is 15.5. The fourth-order valence-corrected chi connectivity index (χ4v) is 3.65. The van der Waals surface area contributed by atoms with Crippen LogP contribution < -0.4 is 0 Å². The Labute approximate surface area is 120 Å². The summed E-state index contributed by atoms with van der Waals surface area (Å²) >= 11 is 0. The van der Waals surface area contributed by atoms with Crippen molar-refractivity contribution in [2.24, 2.45) is 0 Å². The van der Waals surface area contributed by atoms with E-state index in [-0.39, 0.29) is 5.75 Å². The Morgan fingerprint density at radius 2 is 1.95 bits per heavy atom. The van der Waals surface area contributed by atoms with Crippen molar-refractivity contribution in [2.45, 2.75) is 33.7 Å². The van der Waals surface area contributed by atoms with Crippen LogP contribution in [0.15, 0.2) is 4.52 Å². The predicted molar refractivity (Wildman–Crippen MR) is 76.9 cm³/mol. The zero-order valence-electron chi connectivity index (χ0n) is 12.4. The van der Waals surface area contributed by atoms with Gasteiger partial charge in [-0.05, 0) is 33.7 Å². The molecule has 0 amide bonds. The topological polar surface area (TPSA) is 66.7 Å². The molecule has 0 spiro atoms. The Hall–Kier alpha value is -0.920. The summed E-state index contributed by atoms with van der Waals surface area (Å²) < 4.78 is 30.6. The number of hydrogen-bond acceptors (Lipinski definition) is 5. The normalized spacial score (nSPS) is 19.1. The van der Waals surface area contributed by atoms with Gasteiger partial charge in [-0.3, -0.25) is 4.90 Å². The van der Waals surface area contributed by atoms with Crippen molar-refractivity contribution in [3.8, 4) is 0 Å². The zero-order valence-corrected chi connectivity index (χ0v) is 13.2. The molecule has 0 aliphatic carbocycles. The third kappa shape index (κ3) is 3.39. The van der Waals surface area contributed by atoms with Crippen molar-refractivity contribution in [1.82, 2.24) is 14.4 Å². The molecule has 0 saturated carbocycles. The van der Waals surface area contributed by atoms with Crippen LogP contribution in [0.1, 0.15) is 30.4 Å². The lowest BCUT2D eigenvalue weighted by molar-refractivity contribution is 0.276. The van der Waals surface area contributed by atoms with Crippen LogP contribution in [0.3, 0.4) is 0 Å². The lowest BCUT2D eigenvalue weighted by atomic mass is 10.2. The molecule has 1 fully saturated rings. The molecule has 114 valence electrons. The molecule has 6 nitrogen and oxygen atoms in total. The molecule has 1 aromatic heterocycles. The molecule has 0 N–H and O–H groups in total. The van der Waals surface area contributed by atoms with Crippen LogP contribution in [0.5, 0.6) is 0 Å². The Balaban J connectivity index is 2.00. The van der Waals surface area contributed by atoms with E-state index >= 15 is 0 Å². The van der Waals surface area contributed by atoms with Gasteiger partial charge in [0, 0.05) is 31.7 Å². The van der Waals surface area contributed by atoms with Gasteiger partial charge < -0.3 is 4.52 Å². The number of aromatic nitrogens is 1. The third-order valence-corrected chi connectivity index (χ3v) is 5.75. The highest BCUT2D eigenvalue weighted by atomic mass is 32.2. The van der Waals surface area contributed by atoms with E-state index in [1.807, 2.05) is 13.8 Å². The van der Waals surface area contributed by atoms with E-state index in [0.29, 0.717) is 13.1 Å². The van der Waals surface area contributed by atoms with E-state index in [1.54, 1.807) is 11.2 Å². The highest BCUT2D eigenvalue weighted by molar-refractivity contribution is 7.89. The first-order valence-electron chi connectivity index (χ1n) is 7.06. The van der Waals surface area contributed by atoms with Gasteiger partial charge in [-0.2, -0.15) is 0 Å². The quantitative estimate of drug-likeness (QED) is 0.834. The largest absolute Gasteiger partial charge is 0.361 e. The van der Waals surface area contributed by atoms with Gasteiger partial charge in [0.15, 0.2) is 0 Å². The predicted octanol–water partition coefficient (Wildman–Crippen LogP) is 1.15. The van der Waals surface area contributed by atoms with E-state index in [1.165, 1.54) is 0 Å². The summed E-state index contributed by atoms with van der Waals surface area (Å²) in [5.74, 6) is 1.03. The van der Waals surface area contributed by atoms with Gasteiger partial charge in [-0.1, -0.05) is 5.16 Å². The van der Waals surface area contributed by atoms with E-state index in [4.69, 9.17) is 4.52 Å². The molecule has 1 aromatic rings. The lowest BCUT2D eigenvalue weighted by Gasteiger charge is -2.21. The Bertz CT molecular complexity index is 534. The molecule has 1 aliphatic heterocycles. The average Bonchev–Trinajstić information content (AvgIpc) is 2.64. The minimum atomic E-state index is -3.07. The first-order valence-corrected chi connectivity index (χ1v) is 8.67. The SMILES string of the molecule is CCS(=O)(=O)N1CCCN(Cc2c(C)noc2C)CC1. The summed E-state index contributed by atoms with van der Waals surface area (Å²) in [6, 6.07) is 0. The highest BCUT2D eigenvalue weighted by Crippen LogP contribution is 2.17. The van der Waals surface area contributed by atoms with E-state index in [9.17, 15) is 8.42 Å². The Morgan fingerprint density at radius 1 is 1.20 bits per heavy atom. The van der Waals surface area contributed by atoms with Gasteiger partial charge in [0.2, 0.25) is 10.0 Å². The Kier molecular flexibility index (Phi) is 4.82. The molecule has 2 rings (SSSR count). The highest BCUT2D eigenvalue weighted by Gasteiger charge is 2.24. The average molecular weight is 301 g/mol. The standard InChI is InChI=1S/C13H23N3O3S/c1-4-20(17,18)16-7-5-6-15(8-9-16)10-13-11(2)14-19-12(13)3/h4-10H2,1-3H3. The molecule has 1 aliphatic rings. The maximum Gasteiger partial charge on any atom is 0.213 e. The summed E-state index contributed by atoms with van der Waals surface area (Å²) in [6.07, 6.45) is 0.864. The summed E-state index contributed by atoms with van der Waals surface area (Å²) in [4.78, 5) is 2.28. The Morgan fingerprint density at radius 3 is 2.55 bits per heavy atom. The molecular formula is C13H23N3O3S. The van der Waals surface area contributed by atoms with Crippen molar-refractivity contribution in [2.75, 3.05) is 31.9 Å². The van der Waals surface area contributed by atoms with Crippen LogP contribution in [0.2, 0.25) is 0 Å². The fourth-order valence-electron chi connectivity index (χ4n) is 2.52. The monoisotopic (exact) mass is 301 g/mol. The second kappa shape index (κ2) is 6.24. The van der Waals surface area contributed by atoms with Crippen LogP contribution in [-0.4, -0.2) is 54.7 Å². The number of sulfonamides is 1. The van der Waals surface area contributed by atoms with Crippen molar-refractivity contribution >= 4 is 10.0 Å². The second-order valence-electron chi connectivity index (χ2n) is 5.23.